The van der Waals surface area contributed by atoms with Crippen LogP contribution in [0.5, 0.6) is 0 Å². The van der Waals surface area contributed by atoms with Gasteiger partial charge in [-0.05, 0) is 0 Å². The second-order valence-electron chi connectivity index (χ2n) is 1.28. The van der Waals surface area contributed by atoms with Crippen LogP contribution >= 0.6 is 0 Å². The van der Waals surface area contributed by atoms with Gasteiger partial charge in [0.25, 0.3) is 0 Å². The zero-order valence-electron chi connectivity index (χ0n) is 7.02. The Kier molecular flexibility index (Phi) is 13.6. The predicted octanol–water partition coefficient (Wildman–Crippen LogP) is 2.18. The molecule has 0 saturated heterocycles. The number of hydrogen-bond donors (Lipinski definition) is 1. The van der Waals surface area contributed by atoms with Crippen LogP contribution in [0.15, 0.2) is 12.2 Å². The minimum absolute atomic E-state index is 0.662. The van der Waals surface area contributed by atoms with Crippen LogP contribution in [0.3, 0.4) is 0 Å². The highest BCUT2D eigenvalue weighted by atomic mass is 14.6. The average Bonchev–Trinajstić information content (AvgIpc) is 2.78. The molecule has 0 aromatic carbocycles. The van der Waals surface area contributed by atoms with Crippen molar-refractivity contribution in [3.63, 3.8) is 0 Å². The van der Waals surface area contributed by atoms with Crippen molar-refractivity contribution in [3.05, 3.63) is 12.2 Å². The van der Waals surface area contributed by atoms with Crippen molar-refractivity contribution in [1.29, 1.82) is 0 Å². The normalized spacial score (nSPS) is 12.6. The molecular formula is C8H19N. The fraction of sp³-hybridized carbons (Fsp3) is 0.750. The van der Waals surface area contributed by atoms with Crippen molar-refractivity contribution in [2.75, 3.05) is 6.54 Å². The maximum atomic E-state index is 5.17. The van der Waals surface area contributed by atoms with Gasteiger partial charge in [0.1, 0.15) is 0 Å². The van der Waals surface area contributed by atoms with E-state index in [1.807, 2.05) is 27.7 Å². The first-order valence-corrected chi connectivity index (χ1v) is 3.82. The van der Waals surface area contributed by atoms with Gasteiger partial charge >= 0.3 is 0 Å². The smallest absolute Gasteiger partial charge is 0.00699 e. The summed E-state index contributed by atoms with van der Waals surface area (Å²) < 4.78 is 0. The topological polar surface area (TPSA) is 26.0 Å². The molecule has 0 saturated carbocycles. The first kappa shape index (κ1) is 11.5. The Labute approximate surface area is 58.9 Å². The monoisotopic (exact) mass is 129 g/mol. The second kappa shape index (κ2) is 10.6. The first-order valence-electron chi connectivity index (χ1n) is 3.82. The highest BCUT2D eigenvalue weighted by Crippen LogP contribution is 2.11. The van der Waals surface area contributed by atoms with Crippen LogP contribution in [-0.4, -0.2) is 6.54 Å². The standard InChI is InChI=1S/C4H7N.2C2H6/c5-3-4-1-2-4;2*1-2/h1-2,4H,3,5H2;2*1-2H3. The molecule has 56 valence electrons. The lowest BCUT2D eigenvalue weighted by Gasteiger charge is -1.76. The highest BCUT2D eigenvalue weighted by Gasteiger charge is 2.04. The Bertz CT molecular complexity index is 51.6. The molecular weight excluding hydrogens is 110 g/mol. The van der Waals surface area contributed by atoms with Gasteiger partial charge in [-0.2, -0.15) is 0 Å². The molecule has 1 rings (SSSR count). The van der Waals surface area contributed by atoms with E-state index in [1.165, 1.54) is 0 Å². The average molecular weight is 129 g/mol. The van der Waals surface area contributed by atoms with Crippen molar-refractivity contribution >= 4 is 0 Å². The van der Waals surface area contributed by atoms with Gasteiger partial charge in [-0.3, -0.25) is 0 Å². The lowest BCUT2D eigenvalue weighted by atomic mass is 10.4. The molecule has 9 heavy (non-hydrogen) atoms. The molecule has 0 radical (unpaired) electrons. The summed E-state index contributed by atoms with van der Waals surface area (Å²) in [6.45, 7) is 8.81. The maximum absolute atomic E-state index is 5.17. The third kappa shape index (κ3) is 11.3. The number of rotatable bonds is 1. The van der Waals surface area contributed by atoms with Gasteiger partial charge in [0.05, 0.1) is 0 Å². The van der Waals surface area contributed by atoms with Crippen LogP contribution in [0.2, 0.25) is 0 Å². The molecule has 0 aromatic rings. The Morgan fingerprint density at radius 2 is 1.44 bits per heavy atom. The first-order chi connectivity index (χ1) is 4.43. The van der Waals surface area contributed by atoms with Gasteiger partial charge in [-0.15, -0.1) is 0 Å². The van der Waals surface area contributed by atoms with Gasteiger partial charge < -0.3 is 5.73 Å². The Hall–Kier alpha value is -0.300. The molecule has 1 aliphatic carbocycles. The molecule has 0 aliphatic heterocycles. The van der Waals surface area contributed by atoms with Crippen LogP contribution < -0.4 is 5.73 Å². The van der Waals surface area contributed by atoms with E-state index in [0.717, 1.165) is 6.54 Å². The summed E-state index contributed by atoms with van der Waals surface area (Å²) in [4.78, 5) is 0. The summed E-state index contributed by atoms with van der Waals surface area (Å²) in [5.74, 6) is 0.662. The molecule has 0 amide bonds. The van der Waals surface area contributed by atoms with Crippen LogP contribution in [0.4, 0.5) is 0 Å². The van der Waals surface area contributed by atoms with Gasteiger partial charge in [0.2, 0.25) is 0 Å². The van der Waals surface area contributed by atoms with Crippen molar-refractivity contribution < 1.29 is 0 Å². The molecule has 2 N–H and O–H groups in total. The van der Waals surface area contributed by atoms with Crippen LogP contribution in [0.1, 0.15) is 27.7 Å². The van der Waals surface area contributed by atoms with E-state index in [1.54, 1.807) is 0 Å². The highest BCUT2D eigenvalue weighted by molar-refractivity contribution is 5.13. The van der Waals surface area contributed by atoms with E-state index in [4.69, 9.17) is 5.73 Å². The number of nitrogens with two attached hydrogens (primary N) is 1. The van der Waals surface area contributed by atoms with Gasteiger partial charge in [-0.1, -0.05) is 39.8 Å². The minimum Gasteiger partial charge on any atom is -0.330 e. The molecule has 1 aliphatic rings. The summed E-state index contributed by atoms with van der Waals surface area (Å²) in [5.41, 5.74) is 5.17. The van der Waals surface area contributed by atoms with Crippen molar-refractivity contribution in [3.8, 4) is 0 Å². The Morgan fingerprint density at radius 1 is 1.11 bits per heavy atom. The molecule has 0 unspecified atom stereocenters. The van der Waals surface area contributed by atoms with Gasteiger partial charge in [0.15, 0.2) is 0 Å². The van der Waals surface area contributed by atoms with E-state index in [-0.39, 0.29) is 0 Å². The number of hydrogen-bond acceptors (Lipinski definition) is 1. The van der Waals surface area contributed by atoms with Gasteiger partial charge in [0, 0.05) is 12.5 Å². The largest absolute Gasteiger partial charge is 0.330 e. The van der Waals surface area contributed by atoms with Gasteiger partial charge in [-0.25, -0.2) is 0 Å². The van der Waals surface area contributed by atoms with Crippen LogP contribution in [0, 0.1) is 5.92 Å². The maximum Gasteiger partial charge on any atom is 0.00699 e. The Balaban J connectivity index is 0. The summed E-state index contributed by atoms with van der Waals surface area (Å²) >= 11 is 0. The fourth-order valence-electron chi connectivity index (χ4n) is 0.236. The molecule has 0 heterocycles. The SMILES string of the molecule is CC.CC.NCC1C=C1. The van der Waals surface area contributed by atoms with Crippen molar-refractivity contribution in [2.24, 2.45) is 11.7 Å². The molecule has 1 nitrogen and oxygen atoms in total. The van der Waals surface area contributed by atoms with E-state index in [0.29, 0.717) is 5.92 Å². The molecule has 0 spiro atoms. The minimum atomic E-state index is 0.662. The predicted molar refractivity (Wildman–Crippen MR) is 44.4 cm³/mol. The lowest BCUT2D eigenvalue weighted by molar-refractivity contribution is 0.916. The summed E-state index contributed by atoms with van der Waals surface area (Å²) in [5, 5.41) is 0. The van der Waals surface area contributed by atoms with Crippen molar-refractivity contribution in [2.45, 2.75) is 27.7 Å². The second-order valence-corrected chi connectivity index (χ2v) is 1.28. The molecule has 0 aromatic heterocycles. The van der Waals surface area contributed by atoms with E-state index in [2.05, 4.69) is 12.2 Å². The molecule has 0 atom stereocenters. The fourth-order valence-corrected chi connectivity index (χ4v) is 0.236. The zero-order chi connectivity index (χ0) is 7.70. The van der Waals surface area contributed by atoms with E-state index in [9.17, 15) is 0 Å². The third-order valence-corrected chi connectivity index (χ3v) is 0.737. The van der Waals surface area contributed by atoms with E-state index < -0.39 is 0 Å². The molecule has 1 heteroatoms. The lowest BCUT2D eigenvalue weighted by Crippen LogP contribution is -2.00. The van der Waals surface area contributed by atoms with Crippen molar-refractivity contribution in [1.82, 2.24) is 0 Å². The Morgan fingerprint density at radius 3 is 1.44 bits per heavy atom. The van der Waals surface area contributed by atoms with Crippen LogP contribution in [0.25, 0.3) is 0 Å². The summed E-state index contributed by atoms with van der Waals surface area (Å²) in [7, 11) is 0. The van der Waals surface area contributed by atoms with E-state index >= 15 is 0 Å². The van der Waals surface area contributed by atoms with Crippen LogP contribution in [-0.2, 0) is 0 Å². The molecule has 0 bridgehead atoms. The zero-order valence-corrected chi connectivity index (χ0v) is 7.02. The summed E-state index contributed by atoms with van der Waals surface area (Å²) in [6.07, 6.45) is 4.19. The molecule has 0 fully saturated rings. The third-order valence-electron chi connectivity index (χ3n) is 0.737. The quantitative estimate of drug-likeness (QED) is 0.539. The summed E-state index contributed by atoms with van der Waals surface area (Å²) in [6, 6.07) is 0.